The molecule has 0 bridgehead atoms. The predicted octanol–water partition coefficient (Wildman–Crippen LogP) is 3.56. The van der Waals surface area contributed by atoms with Crippen molar-refractivity contribution in [1.29, 1.82) is 0 Å². The van der Waals surface area contributed by atoms with Crippen LogP contribution in [0.2, 0.25) is 5.02 Å². The number of halogens is 2. The van der Waals surface area contributed by atoms with Crippen molar-refractivity contribution in [3.8, 4) is 11.5 Å². The molecule has 29 heavy (non-hydrogen) atoms. The van der Waals surface area contributed by atoms with Crippen LogP contribution in [0.4, 0.5) is 4.39 Å². The average Bonchev–Trinajstić information content (AvgIpc) is 2.79. The minimum Gasteiger partial charge on any atom is -0.486 e. The van der Waals surface area contributed by atoms with Gasteiger partial charge in [-0.15, -0.1) is 0 Å². The Morgan fingerprint density at radius 2 is 2.00 bits per heavy atom. The molecular formula is C21H24ClFN2O4. The van der Waals surface area contributed by atoms with Gasteiger partial charge >= 0.3 is 5.97 Å². The van der Waals surface area contributed by atoms with Crippen LogP contribution < -0.4 is 20.9 Å². The van der Waals surface area contributed by atoms with Gasteiger partial charge in [-0.1, -0.05) is 24.6 Å². The number of carboxylic acid groups (broad SMARTS) is 1. The zero-order valence-corrected chi connectivity index (χ0v) is 17.2. The van der Waals surface area contributed by atoms with E-state index in [1.807, 2.05) is 0 Å². The molecule has 3 rings (SSSR count). The van der Waals surface area contributed by atoms with Gasteiger partial charge in [0.15, 0.2) is 11.6 Å². The molecule has 0 saturated heterocycles. The fourth-order valence-corrected chi connectivity index (χ4v) is 3.47. The summed E-state index contributed by atoms with van der Waals surface area (Å²) >= 11 is 6.21. The van der Waals surface area contributed by atoms with Crippen molar-refractivity contribution in [1.82, 2.24) is 0 Å². The molecule has 5 N–H and O–H groups in total. The van der Waals surface area contributed by atoms with E-state index < -0.39 is 29.0 Å². The molecule has 0 radical (unpaired) electrons. The van der Waals surface area contributed by atoms with Crippen LogP contribution >= 0.6 is 11.6 Å². The van der Waals surface area contributed by atoms with Gasteiger partial charge in [0.1, 0.15) is 23.6 Å². The maximum Gasteiger partial charge on any atom is 0.306 e. The van der Waals surface area contributed by atoms with Crippen LogP contribution in [0.5, 0.6) is 11.5 Å². The molecule has 0 spiro atoms. The number of hydrogen-bond acceptors (Lipinski definition) is 5. The minimum atomic E-state index is -1.24. The maximum absolute atomic E-state index is 14.4. The zero-order chi connectivity index (χ0) is 21.6. The number of rotatable bonds is 6. The highest BCUT2D eigenvalue weighted by Gasteiger charge is 2.50. The monoisotopic (exact) mass is 422 g/mol. The summed E-state index contributed by atoms with van der Waals surface area (Å²) in [5, 5.41) is 9.41. The Labute approximate surface area is 173 Å². The molecule has 0 aliphatic carbocycles. The number of fused-ring (bicyclic) bond motifs is 1. The molecular weight excluding hydrogens is 399 g/mol. The molecule has 2 aromatic rings. The molecule has 1 aliphatic rings. The van der Waals surface area contributed by atoms with E-state index in [1.165, 1.54) is 12.1 Å². The Morgan fingerprint density at radius 3 is 2.62 bits per heavy atom. The van der Waals surface area contributed by atoms with E-state index in [2.05, 4.69) is 0 Å². The van der Waals surface area contributed by atoms with Gasteiger partial charge in [0.05, 0.1) is 5.92 Å². The molecule has 1 atom stereocenters. The van der Waals surface area contributed by atoms with E-state index in [4.69, 9.17) is 37.6 Å². The Balaban J connectivity index is 1.81. The molecule has 0 saturated carbocycles. The Kier molecular flexibility index (Phi) is 5.51. The van der Waals surface area contributed by atoms with E-state index in [1.54, 1.807) is 39.0 Å². The molecule has 156 valence electrons. The van der Waals surface area contributed by atoms with Gasteiger partial charge in [-0.25, -0.2) is 4.39 Å². The second-order valence-electron chi connectivity index (χ2n) is 7.92. The van der Waals surface area contributed by atoms with Crippen LogP contribution in [-0.2, 0) is 23.5 Å². The van der Waals surface area contributed by atoms with Crippen molar-refractivity contribution < 1.29 is 23.8 Å². The molecule has 0 fully saturated rings. The third-order valence-corrected chi connectivity index (χ3v) is 5.49. The number of benzene rings is 2. The lowest BCUT2D eigenvalue weighted by molar-refractivity contribution is -0.141. The van der Waals surface area contributed by atoms with Crippen molar-refractivity contribution in [2.24, 2.45) is 17.4 Å². The minimum absolute atomic E-state index is 0.00313. The average molecular weight is 423 g/mol. The van der Waals surface area contributed by atoms with Gasteiger partial charge in [0, 0.05) is 16.1 Å². The van der Waals surface area contributed by atoms with E-state index in [-0.39, 0.29) is 18.8 Å². The van der Waals surface area contributed by atoms with Gasteiger partial charge in [-0.05, 0) is 50.1 Å². The maximum atomic E-state index is 14.4. The quantitative estimate of drug-likeness (QED) is 0.614. The summed E-state index contributed by atoms with van der Waals surface area (Å²) in [5.74, 6) is -1.60. The summed E-state index contributed by atoms with van der Waals surface area (Å²) in [6.07, 6.45) is 0.229. The van der Waals surface area contributed by atoms with Gasteiger partial charge in [0.2, 0.25) is 0 Å². The molecule has 1 aliphatic heterocycles. The number of carbonyl (C=O) groups is 1. The van der Waals surface area contributed by atoms with E-state index >= 15 is 0 Å². The van der Waals surface area contributed by atoms with Crippen LogP contribution in [0.1, 0.15) is 37.5 Å². The lowest BCUT2D eigenvalue weighted by atomic mass is 9.88. The number of carboxylic acids is 1. The highest BCUT2D eigenvalue weighted by atomic mass is 35.5. The largest absolute Gasteiger partial charge is 0.486 e. The fourth-order valence-electron chi connectivity index (χ4n) is 3.23. The van der Waals surface area contributed by atoms with Crippen LogP contribution in [0.3, 0.4) is 0 Å². The predicted molar refractivity (Wildman–Crippen MR) is 107 cm³/mol. The number of nitrogens with two attached hydrogens (primary N) is 2. The highest BCUT2D eigenvalue weighted by molar-refractivity contribution is 6.30. The molecule has 1 heterocycles. The molecule has 0 aromatic heterocycles. The Bertz CT molecular complexity index is 962. The topological polar surface area (TPSA) is 108 Å². The standard InChI is InChI=1S/C21H24ClFN2O4/c1-11(19(26)27)6-12-4-5-17(16(23)7-12)28-10-13-8-14(22)9-15-18(13)29-20(2,3)21(15,24)25/h4-5,7-9,11H,6,10,24-25H2,1-3H3,(H,26,27). The number of ether oxygens (including phenoxy) is 2. The molecule has 0 amide bonds. The van der Waals surface area contributed by atoms with Crippen LogP contribution in [0.25, 0.3) is 0 Å². The molecule has 6 nitrogen and oxygen atoms in total. The Morgan fingerprint density at radius 1 is 1.31 bits per heavy atom. The highest BCUT2D eigenvalue weighted by Crippen LogP contribution is 2.46. The summed E-state index contributed by atoms with van der Waals surface area (Å²) in [5.41, 5.74) is 12.2. The van der Waals surface area contributed by atoms with Crippen LogP contribution in [0, 0.1) is 11.7 Å². The molecule has 1 unspecified atom stereocenters. The van der Waals surface area contributed by atoms with Crippen LogP contribution in [0.15, 0.2) is 30.3 Å². The first-order chi connectivity index (χ1) is 13.4. The third-order valence-electron chi connectivity index (χ3n) is 5.27. The Hall–Kier alpha value is -2.35. The fraction of sp³-hybridized carbons (Fsp3) is 0.381. The first-order valence-electron chi connectivity index (χ1n) is 9.16. The third kappa shape index (κ3) is 4.03. The summed E-state index contributed by atoms with van der Waals surface area (Å²) in [6, 6.07) is 7.73. The number of hydrogen-bond donors (Lipinski definition) is 3. The van der Waals surface area contributed by atoms with Crippen molar-refractivity contribution in [2.75, 3.05) is 0 Å². The first kappa shape index (κ1) is 21.4. The smallest absolute Gasteiger partial charge is 0.306 e. The normalized spacial score (nSPS) is 17.3. The van der Waals surface area contributed by atoms with Crippen molar-refractivity contribution >= 4 is 17.6 Å². The first-order valence-corrected chi connectivity index (χ1v) is 9.54. The van der Waals surface area contributed by atoms with E-state index in [0.717, 1.165) is 0 Å². The van der Waals surface area contributed by atoms with E-state index in [0.29, 0.717) is 27.5 Å². The van der Waals surface area contributed by atoms with E-state index in [9.17, 15) is 9.18 Å². The summed E-state index contributed by atoms with van der Waals surface area (Å²) in [6.45, 7) is 5.13. The molecule has 2 aromatic carbocycles. The van der Waals surface area contributed by atoms with Gasteiger partial charge in [-0.2, -0.15) is 0 Å². The van der Waals surface area contributed by atoms with Crippen molar-refractivity contribution in [3.05, 3.63) is 57.9 Å². The lowest BCUT2D eigenvalue weighted by Crippen LogP contribution is -2.60. The van der Waals surface area contributed by atoms with Gasteiger partial charge in [0.25, 0.3) is 0 Å². The van der Waals surface area contributed by atoms with Crippen molar-refractivity contribution in [2.45, 2.75) is 45.1 Å². The van der Waals surface area contributed by atoms with Crippen molar-refractivity contribution in [3.63, 3.8) is 0 Å². The molecule has 8 heteroatoms. The van der Waals surface area contributed by atoms with Crippen LogP contribution in [-0.4, -0.2) is 16.7 Å². The summed E-state index contributed by atoms with van der Waals surface area (Å²) in [7, 11) is 0. The second kappa shape index (κ2) is 7.48. The lowest BCUT2D eigenvalue weighted by Gasteiger charge is -2.32. The van der Waals surface area contributed by atoms with Gasteiger partial charge < -0.3 is 26.0 Å². The second-order valence-corrected chi connectivity index (χ2v) is 8.36. The van der Waals surface area contributed by atoms with Gasteiger partial charge in [-0.3, -0.25) is 4.79 Å². The summed E-state index contributed by atoms with van der Waals surface area (Å²) < 4.78 is 26.0. The summed E-state index contributed by atoms with van der Waals surface area (Å²) in [4.78, 5) is 11.0. The SMILES string of the molecule is CC(Cc1ccc(OCc2cc(Cl)cc3c2OC(C)(C)C3(N)N)c(F)c1)C(=O)O. The number of aliphatic carboxylic acids is 1. The zero-order valence-electron chi connectivity index (χ0n) is 16.5.